The molecule has 0 aromatic heterocycles. The fraction of sp³-hybridized carbons (Fsp3) is 0.556. The van der Waals surface area contributed by atoms with Gasteiger partial charge in [0.05, 0.1) is 0 Å². The molecule has 22 heavy (non-hydrogen) atoms. The molecule has 1 aromatic rings. The molecular formula is C18H28N2O2. The Morgan fingerprint density at radius 2 is 1.91 bits per heavy atom. The van der Waals surface area contributed by atoms with Crippen molar-refractivity contribution in [3.05, 3.63) is 36.4 Å². The Labute approximate surface area is 133 Å². The summed E-state index contributed by atoms with van der Waals surface area (Å²) >= 11 is 0. The largest absolute Gasteiger partial charge is 0.486 e. The molecule has 0 spiro atoms. The molecule has 1 aliphatic heterocycles. The van der Waals surface area contributed by atoms with Crippen LogP contribution < -0.4 is 15.2 Å². The molecule has 1 aromatic carbocycles. The molecule has 2 N–H and O–H groups in total. The zero-order valence-corrected chi connectivity index (χ0v) is 13.9. The van der Waals surface area contributed by atoms with E-state index in [1.807, 2.05) is 18.2 Å². The number of rotatable bonds is 7. The molecule has 4 heteroatoms. The molecule has 4 nitrogen and oxygen atoms in total. The van der Waals surface area contributed by atoms with Crippen molar-refractivity contribution in [2.75, 3.05) is 19.8 Å². The second-order valence-electron chi connectivity index (χ2n) is 6.21. The maximum Gasteiger partial charge on any atom is 0.161 e. The first-order chi connectivity index (χ1) is 10.5. The third kappa shape index (κ3) is 4.24. The maximum atomic E-state index is 6.36. The summed E-state index contributed by atoms with van der Waals surface area (Å²) in [5.41, 5.74) is 7.55. The predicted octanol–water partition coefficient (Wildman–Crippen LogP) is 2.61. The minimum absolute atomic E-state index is 0.0763. The van der Waals surface area contributed by atoms with Crippen molar-refractivity contribution in [1.82, 2.24) is 4.90 Å². The molecule has 2 rings (SSSR count). The molecule has 2 atom stereocenters. The van der Waals surface area contributed by atoms with Gasteiger partial charge in [-0.05, 0) is 44.9 Å². The predicted molar refractivity (Wildman–Crippen MR) is 90.6 cm³/mol. The van der Waals surface area contributed by atoms with Gasteiger partial charge in [0.15, 0.2) is 11.5 Å². The fourth-order valence-electron chi connectivity index (χ4n) is 2.84. The van der Waals surface area contributed by atoms with Crippen LogP contribution in [0, 0.1) is 0 Å². The average molecular weight is 304 g/mol. The second-order valence-corrected chi connectivity index (χ2v) is 6.21. The zero-order valence-electron chi connectivity index (χ0n) is 13.9. The minimum atomic E-state index is 0.0763. The zero-order chi connectivity index (χ0) is 16.1. The maximum absolute atomic E-state index is 6.36. The lowest BCUT2D eigenvalue weighted by molar-refractivity contribution is 0.171. The van der Waals surface area contributed by atoms with Crippen LogP contribution in [0.5, 0.6) is 11.5 Å². The van der Waals surface area contributed by atoms with E-state index in [4.69, 9.17) is 15.2 Å². The van der Waals surface area contributed by atoms with Gasteiger partial charge in [0, 0.05) is 24.7 Å². The molecule has 122 valence electrons. The third-order valence-electron chi connectivity index (χ3n) is 4.08. The van der Waals surface area contributed by atoms with Crippen LogP contribution in [-0.2, 0) is 6.42 Å². The highest BCUT2D eigenvalue weighted by Gasteiger charge is 2.19. The molecule has 1 heterocycles. The normalized spacial score (nSPS) is 16.6. The van der Waals surface area contributed by atoms with Crippen LogP contribution in [0.3, 0.4) is 0 Å². The lowest BCUT2D eigenvalue weighted by atomic mass is 10.0. The van der Waals surface area contributed by atoms with Crippen molar-refractivity contribution in [3.8, 4) is 11.5 Å². The van der Waals surface area contributed by atoms with Crippen molar-refractivity contribution < 1.29 is 9.47 Å². The van der Waals surface area contributed by atoms with Gasteiger partial charge in [0.25, 0.3) is 0 Å². The highest BCUT2D eigenvalue weighted by atomic mass is 16.6. The van der Waals surface area contributed by atoms with Crippen molar-refractivity contribution >= 4 is 0 Å². The molecule has 0 fully saturated rings. The van der Waals surface area contributed by atoms with Crippen LogP contribution in [0.2, 0.25) is 0 Å². The summed E-state index contributed by atoms with van der Waals surface area (Å²) in [5.74, 6) is 1.66. The smallest absolute Gasteiger partial charge is 0.161 e. The summed E-state index contributed by atoms with van der Waals surface area (Å²) in [5, 5.41) is 0. The average Bonchev–Trinajstić information content (AvgIpc) is 2.51. The third-order valence-corrected chi connectivity index (χ3v) is 4.08. The molecule has 0 saturated heterocycles. The van der Waals surface area contributed by atoms with Gasteiger partial charge in [-0.2, -0.15) is 0 Å². The van der Waals surface area contributed by atoms with Crippen LogP contribution in [-0.4, -0.2) is 42.8 Å². The van der Waals surface area contributed by atoms with E-state index in [1.165, 1.54) is 5.56 Å². The van der Waals surface area contributed by atoms with Crippen LogP contribution in [0.4, 0.5) is 0 Å². The number of ether oxygens (including phenoxy) is 2. The summed E-state index contributed by atoms with van der Waals surface area (Å²) in [6.07, 6.45) is 2.79. The Kier molecular flexibility index (Phi) is 5.86. The first-order valence-electron chi connectivity index (χ1n) is 8.03. The summed E-state index contributed by atoms with van der Waals surface area (Å²) in [4.78, 5) is 2.37. The van der Waals surface area contributed by atoms with Crippen LogP contribution in [0.15, 0.2) is 30.9 Å². The SMILES string of the molecule is C=CC(C)N(C[C@@H](N)Cc1ccc2c(c1)OCCO2)C(C)C. The number of hydrogen-bond donors (Lipinski definition) is 1. The van der Waals surface area contributed by atoms with E-state index in [-0.39, 0.29) is 6.04 Å². The van der Waals surface area contributed by atoms with Gasteiger partial charge >= 0.3 is 0 Å². The number of benzene rings is 1. The number of hydrogen-bond acceptors (Lipinski definition) is 4. The van der Waals surface area contributed by atoms with Crippen molar-refractivity contribution in [1.29, 1.82) is 0 Å². The van der Waals surface area contributed by atoms with E-state index in [2.05, 4.69) is 38.3 Å². The Morgan fingerprint density at radius 3 is 2.55 bits per heavy atom. The van der Waals surface area contributed by atoms with Crippen molar-refractivity contribution in [2.45, 2.75) is 45.3 Å². The van der Waals surface area contributed by atoms with Gasteiger partial charge in [0.2, 0.25) is 0 Å². The molecule has 0 saturated carbocycles. The molecule has 0 radical (unpaired) electrons. The Hall–Kier alpha value is -1.52. The van der Waals surface area contributed by atoms with E-state index in [0.717, 1.165) is 24.5 Å². The quantitative estimate of drug-likeness (QED) is 0.787. The first kappa shape index (κ1) is 16.8. The van der Waals surface area contributed by atoms with E-state index in [0.29, 0.717) is 25.3 Å². The highest BCUT2D eigenvalue weighted by Crippen LogP contribution is 2.31. The molecule has 1 aliphatic rings. The summed E-state index contributed by atoms with van der Waals surface area (Å²) in [6.45, 7) is 12.5. The van der Waals surface area contributed by atoms with E-state index < -0.39 is 0 Å². The molecule has 0 aliphatic carbocycles. The monoisotopic (exact) mass is 304 g/mol. The van der Waals surface area contributed by atoms with Crippen LogP contribution >= 0.6 is 0 Å². The Bertz CT molecular complexity index is 502. The minimum Gasteiger partial charge on any atom is -0.486 e. The fourth-order valence-corrected chi connectivity index (χ4v) is 2.84. The summed E-state index contributed by atoms with van der Waals surface area (Å²) in [6, 6.07) is 6.94. The summed E-state index contributed by atoms with van der Waals surface area (Å²) in [7, 11) is 0. The van der Waals surface area contributed by atoms with Gasteiger partial charge in [0.1, 0.15) is 13.2 Å². The molecular weight excluding hydrogens is 276 g/mol. The second kappa shape index (κ2) is 7.65. The van der Waals surface area contributed by atoms with E-state index in [1.54, 1.807) is 0 Å². The topological polar surface area (TPSA) is 47.7 Å². The Balaban J connectivity index is 1.99. The van der Waals surface area contributed by atoms with Gasteiger partial charge in [-0.3, -0.25) is 4.90 Å². The Morgan fingerprint density at radius 1 is 1.23 bits per heavy atom. The van der Waals surface area contributed by atoms with E-state index in [9.17, 15) is 0 Å². The van der Waals surface area contributed by atoms with E-state index >= 15 is 0 Å². The first-order valence-corrected chi connectivity index (χ1v) is 8.03. The lowest BCUT2D eigenvalue weighted by Gasteiger charge is -2.33. The van der Waals surface area contributed by atoms with Crippen molar-refractivity contribution in [3.63, 3.8) is 0 Å². The van der Waals surface area contributed by atoms with Gasteiger partial charge in [-0.15, -0.1) is 6.58 Å². The highest BCUT2D eigenvalue weighted by molar-refractivity contribution is 5.44. The lowest BCUT2D eigenvalue weighted by Crippen LogP contribution is -2.46. The standard InChI is InChI=1S/C18H28N2O2/c1-5-14(4)20(13(2)3)12-16(19)10-15-6-7-17-18(11-15)22-9-8-21-17/h5-7,11,13-14,16H,1,8-10,12,19H2,2-4H3/t14?,16-/m0/s1. The van der Waals surface area contributed by atoms with Crippen LogP contribution in [0.1, 0.15) is 26.3 Å². The number of fused-ring (bicyclic) bond motifs is 1. The molecule has 1 unspecified atom stereocenters. The number of nitrogens with zero attached hydrogens (tertiary/aromatic N) is 1. The van der Waals surface area contributed by atoms with Gasteiger partial charge in [-0.25, -0.2) is 0 Å². The molecule has 0 amide bonds. The molecule has 0 bridgehead atoms. The van der Waals surface area contributed by atoms with Crippen LogP contribution in [0.25, 0.3) is 0 Å². The summed E-state index contributed by atoms with van der Waals surface area (Å²) < 4.78 is 11.2. The van der Waals surface area contributed by atoms with Gasteiger partial charge < -0.3 is 15.2 Å². The number of nitrogens with two attached hydrogens (primary N) is 1. The van der Waals surface area contributed by atoms with Crippen molar-refractivity contribution in [2.24, 2.45) is 5.73 Å². The van der Waals surface area contributed by atoms with Gasteiger partial charge in [-0.1, -0.05) is 12.1 Å².